The number of ether oxygens (including phenoxy) is 1. The first kappa shape index (κ1) is 35.0. The second-order valence-corrected chi connectivity index (χ2v) is 14.4. The van der Waals surface area contributed by atoms with Gasteiger partial charge in [0, 0.05) is 43.9 Å². The molecule has 51 heavy (non-hydrogen) atoms. The number of hydrogen-bond acceptors (Lipinski definition) is 7. The first-order chi connectivity index (χ1) is 24.6. The number of halogens is 1. The Morgan fingerprint density at radius 2 is 1.63 bits per heavy atom. The number of carboxylic acids is 1. The van der Waals surface area contributed by atoms with Gasteiger partial charge in [0.2, 0.25) is 5.89 Å². The van der Waals surface area contributed by atoms with Gasteiger partial charge in [-0.1, -0.05) is 60.2 Å². The molecule has 2 aliphatic rings. The Balaban J connectivity index is 1.13. The SMILES string of the molecule is COc1cc(/C=C/c2cccc(-c3cccc(-c4nc5cc(CN6CC[C@@H](O)C6)cc(Cl)c5o4)c3C)c2C)c(C)cc1CN1CC[C@@H](C(=O)O)C1. The molecule has 0 bridgehead atoms. The maximum atomic E-state index is 11.4. The van der Waals surface area contributed by atoms with E-state index in [0.717, 1.165) is 86.4 Å². The second-order valence-electron chi connectivity index (χ2n) is 14.0. The van der Waals surface area contributed by atoms with Crippen molar-refractivity contribution in [2.75, 3.05) is 33.3 Å². The fraction of sp³-hybridized carbons (Fsp3) is 0.333. The van der Waals surface area contributed by atoms with Crippen LogP contribution in [-0.4, -0.2) is 70.4 Å². The molecule has 0 amide bonds. The number of aliphatic carboxylic acids is 1. The van der Waals surface area contributed by atoms with Gasteiger partial charge in [-0.2, -0.15) is 0 Å². The molecule has 3 heterocycles. The van der Waals surface area contributed by atoms with Gasteiger partial charge in [0.1, 0.15) is 11.3 Å². The molecule has 1 aromatic heterocycles. The summed E-state index contributed by atoms with van der Waals surface area (Å²) in [5.41, 5.74) is 12.1. The lowest BCUT2D eigenvalue weighted by Gasteiger charge is -2.19. The van der Waals surface area contributed by atoms with Gasteiger partial charge >= 0.3 is 5.97 Å². The lowest BCUT2D eigenvalue weighted by atomic mass is 9.91. The van der Waals surface area contributed by atoms with Crippen LogP contribution >= 0.6 is 11.6 Å². The second kappa shape index (κ2) is 14.6. The fourth-order valence-electron chi connectivity index (χ4n) is 7.61. The van der Waals surface area contributed by atoms with Gasteiger partial charge in [0.25, 0.3) is 0 Å². The summed E-state index contributed by atoms with van der Waals surface area (Å²) in [7, 11) is 1.69. The molecule has 0 saturated carbocycles. The van der Waals surface area contributed by atoms with Crippen molar-refractivity contribution < 1.29 is 24.2 Å². The number of benzene rings is 4. The molecule has 2 atom stereocenters. The summed E-state index contributed by atoms with van der Waals surface area (Å²) in [5, 5.41) is 19.9. The predicted octanol–water partition coefficient (Wildman–Crippen LogP) is 8.39. The van der Waals surface area contributed by atoms with Crippen LogP contribution < -0.4 is 4.74 Å². The third-order valence-electron chi connectivity index (χ3n) is 10.5. The fourth-order valence-corrected chi connectivity index (χ4v) is 7.88. The summed E-state index contributed by atoms with van der Waals surface area (Å²) < 4.78 is 12.1. The van der Waals surface area contributed by atoms with Crippen molar-refractivity contribution in [1.29, 1.82) is 0 Å². The third kappa shape index (κ3) is 7.32. The summed E-state index contributed by atoms with van der Waals surface area (Å²) in [6, 6.07) is 20.8. The van der Waals surface area contributed by atoms with Crippen molar-refractivity contribution in [3.05, 3.63) is 105 Å². The summed E-state index contributed by atoms with van der Waals surface area (Å²) in [4.78, 5) is 20.8. The maximum Gasteiger partial charge on any atom is 0.307 e. The Morgan fingerprint density at radius 3 is 2.35 bits per heavy atom. The number of oxazole rings is 1. The molecule has 2 fully saturated rings. The van der Waals surface area contributed by atoms with E-state index >= 15 is 0 Å². The minimum absolute atomic E-state index is 0.270. The smallest absolute Gasteiger partial charge is 0.307 e. The number of rotatable bonds is 10. The molecule has 8 nitrogen and oxygen atoms in total. The Morgan fingerprint density at radius 1 is 0.922 bits per heavy atom. The molecular formula is C42H44ClN3O5. The van der Waals surface area contributed by atoms with Crippen molar-refractivity contribution in [2.45, 2.75) is 52.8 Å². The highest BCUT2D eigenvalue weighted by atomic mass is 35.5. The molecule has 0 unspecified atom stereocenters. The molecule has 0 spiro atoms. The zero-order chi connectivity index (χ0) is 35.8. The molecule has 4 aromatic carbocycles. The molecule has 5 aromatic rings. The topological polar surface area (TPSA) is 99.3 Å². The molecule has 2 N–H and O–H groups in total. The molecule has 0 aliphatic carbocycles. The molecular weight excluding hydrogens is 662 g/mol. The summed E-state index contributed by atoms with van der Waals surface area (Å²) >= 11 is 6.70. The number of aliphatic hydroxyl groups is 1. The predicted molar refractivity (Wildman–Crippen MR) is 203 cm³/mol. The van der Waals surface area contributed by atoms with E-state index in [9.17, 15) is 15.0 Å². The molecule has 264 valence electrons. The lowest BCUT2D eigenvalue weighted by Crippen LogP contribution is -2.23. The van der Waals surface area contributed by atoms with Crippen LogP contribution in [0, 0.1) is 26.7 Å². The number of likely N-dealkylation sites (tertiary alicyclic amines) is 2. The number of aromatic nitrogens is 1. The van der Waals surface area contributed by atoms with E-state index in [4.69, 9.17) is 25.7 Å². The van der Waals surface area contributed by atoms with E-state index in [1.165, 1.54) is 0 Å². The minimum Gasteiger partial charge on any atom is -0.496 e. The summed E-state index contributed by atoms with van der Waals surface area (Å²) in [5.74, 6) is 0.316. The van der Waals surface area contributed by atoms with Crippen LogP contribution in [0.3, 0.4) is 0 Å². The van der Waals surface area contributed by atoms with Gasteiger partial charge in [-0.15, -0.1) is 0 Å². The number of methoxy groups -OCH3 is 1. The Labute approximate surface area is 303 Å². The highest BCUT2D eigenvalue weighted by Crippen LogP contribution is 2.37. The maximum absolute atomic E-state index is 11.4. The average molecular weight is 706 g/mol. The van der Waals surface area contributed by atoms with E-state index < -0.39 is 5.97 Å². The van der Waals surface area contributed by atoms with Crippen LogP contribution in [0.5, 0.6) is 5.75 Å². The van der Waals surface area contributed by atoms with Gasteiger partial charge in [-0.25, -0.2) is 4.98 Å². The summed E-state index contributed by atoms with van der Waals surface area (Å²) in [6.45, 7) is 10.6. The number of aryl methyl sites for hydroxylation is 1. The molecule has 9 heteroatoms. The molecule has 0 radical (unpaired) electrons. The number of carbonyl (C=O) groups is 1. The number of nitrogens with zero attached hydrogens (tertiary/aromatic N) is 3. The van der Waals surface area contributed by atoms with Crippen molar-refractivity contribution in [2.24, 2.45) is 5.92 Å². The van der Waals surface area contributed by atoms with Crippen LogP contribution in [0.25, 0.3) is 45.8 Å². The molecule has 2 aliphatic heterocycles. The van der Waals surface area contributed by atoms with E-state index in [-0.39, 0.29) is 12.0 Å². The highest BCUT2D eigenvalue weighted by Gasteiger charge is 2.28. The van der Waals surface area contributed by atoms with Gasteiger partial charge < -0.3 is 19.4 Å². The van der Waals surface area contributed by atoms with Crippen LogP contribution in [0.4, 0.5) is 0 Å². The van der Waals surface area contributed by atoms with Crippen LogP contribution in [0.1, 0.15) is 51.8 Å². The largest absolute Gasteiger partial charge is 0.496 e. The standard InChI is InChI=1S/C42H44ClN3O5/c1-25-17-32(23-46-15-13-31(22-46)42(48)49)39(50-4)20-30(25)12-11-29-7-5-8-34(26(29)2)35-9-6-10-36(27(35)3)41-44-38-19-28(18-37(43)40(38)51-41)21-45-16-14-33(47)24-45/h5-12,17-20,31,33,47H,13-16,21-24H2,1-4H3,(H,48,49)/b12-11+/t31-,33-/m1/s1. The van der Waals surface area contributed by atoms with Crippen molar-refractivity contribution in [3.63, 3.8) is 0 Å². The van der Waals surface area contributed by atoms with Crippen molar-refractivity contribution in [1.82, 2.24) is 14.8 Å². The zero-order valence-corrected chi connectivity index (χ0v) is 30.3. The van der Waals surface area contributed by atoms with Gasteiger partial charge in [-0.05, 0) is 109 Å². The normalized spacial score (nSPS) is 18.4. The van der Waals surface area contributed by atoms with Crippen molar-refractivity contribution in [3.8, 4) is 28.3 Å². The van der Waals surface area contributed by atoms with Crippen LogP contribution in [0.15, 0.2) is 65.1 Å². The first-order valence-corrected chi connectivity index (χ1v) is 18.0. The monoisotopic (exact) mass is 705 g/mol. The Bertz CT molecular complexity index is 2140. The average Bonchev–Trinajstić information content (AvgIpc) is 3.86. The van der Waals surface area contributed by atoms with Crippen molar-refractivity contribution >= 4 is 40.8 Å². The van der Waals surface area contributed by atoms with E-state index in [1.807, 2.05) is 24.3 Å². The van der Waals surface area contributed by atoms with Crippen LogP contribution in [0.2, 0.25) is 5.02 Å². The van der Waals surface area contributed by atoms with E-state index in [0.29, 0.717) is 49.1 Å². The number of β-amino-alcohol motifs (C(OH)–C–C–N with tert-alkyl or cyclic N) is 1. The zero-order valence-electron chi connectivity index (χ0n) is 29.6. The highest BCUT2D eigenvalue weighted by molar-refractivity contribution is 6.34. The number of carboxylic acid groups (broad SMARTS) is 1. The first-order valence-electron chi connectivity index (χ1n) is 17.6. The van der Waals surface area contributed by atoms with E-state index in [2.05, 4.69) is 79.1 Å². The molecule has 7 rings (SSSR count). The number of aliphatic hydroxyl groups excluding tert-OH is 1. The van der Waals surface area contributed by atoms with Crippen LogP contribution in [-0.2, 0) is 17.9 Å². The third-order valence-corrected chi connectivity index (χ3v) is 10.8. The van der Waals surface area contributed by atoms with Gasteiger partial charge in [-0.3, -0.25) is 14.6 Å². The minimum atomic E-state index is -0.720. The Hall–Kier alpha value is -4.47. The Kier molecular flexibility index (Phi) is 10.0. The van der Waals surface area contributed by atoms with Gasteiger partial charge in [0.15, 0.2) is 5.58 Å². The number of hydrogen-bond donors (Lipinski definition) is 2. The number of fused-ring (bicyclic) bond motifs is 1. The van der Waals surface area contributed by atoms with E-state index in [1.54, 1.807) is 7.11 Å². The van der Waals surface area contributed by atoms with Gasteiger partial charge in [0.05, 0.1) is 24.2 Å². The quantitative estimate of drug-likeness (QED) is 0.140. The summed E-state index contributed by atoms with van der Waals surface area (Å²) in [6.07, 6.45) is 5.49. The lowest BCUT2D eigenvalue weighted by molar-refractivity contribution is -0.141. The molecule has 2 saturated heterocycles.